The molecule has 3 rings (SSSR count). The van der Waals surface area contributed by atoms with Crippen molar-refractivity contribution in [1.29, 1.82) is 0 Å². The number of amides is 1. The van der Waals surface area contributed by atoms with Crippen LogP contribution < -0.4 is 5.32 Å². The van der Waals surface area contributed by atoms with Crippen molar-refractivity contribution in [2.45, 2.75) is 6.42 Å². The first-order valence-corrected chi connectivity index (χ1v) is 8.43. The smallest absolute Gasteiger partial charge is 0.251 e. The minimum atomic E-state index is -0.0309. The van der Waals surface area contributed by atoms with Gasteiger partial charge in [0.1, 0.15) is 0 Å². The summed E-state index contributed by atoms with van der Waals surface area (Å²) in [7, 11) is 0. The summed E-state index contributed by atoms with van der Waals surface area (Å²) >= 11 is 2.21. The number of nitrogens with one attached hydrogen (secondary N) is 1. The third kappa shape index (κ3) is 4.19. The Bertz CT molecular complexity index is 782. The Morgan fingerprint density at radius 3 is 2.65 bits per heavy atom. The van der Waals surface area contributed by atoms with Gasteiger partial charge in [0.2, 0.25) is 0 Å². The van der Waals surface area contributed by atoms with Crippen LogP contribution in [-0.4, -0.2) is 22.2 Å². The van der Waals surface area contributed by atoms with E-state index in [9.17, 15) is 4.79 Å². The number of rotatable bonds is 5. The van der Waals surface area contributed by atoms with Crippen molar-refractivity contribution in [3.8, 4) is 5.69 Å². The van der Waals surface area contributed by atoms with Gasteiger partial charge in [0, 0.05) is 28.1 Å². The Hall–Kier alpha value is -2.15. The summed E-state index contributed by atoms with van der Waals surface area (Å²) in [6.45, 7) is 0.616. The van der Waals surface area contributed by atoms with E-state index in [0.717, 1.165) is 15.7 Å². The van der Waals surface area contributed by atoms with Gasteiger partial charge in [-0.05, 0) is 71.0 Å². The van der Waals surface area contributed by atoms with Gasteiger partial charge in [0.05, 0.1) is 5.69 Å². The number of carbonyl (C=O) groups excluding carboxylic acids is 1. The molecule has 116 valence electrons. The van der Waals surface area contributed by atoms with Gasteiger partial charge < -0.3 is 5.32 Å². The highest BCUT2D eigenvalue weighted by Crippen LogP contribution is 2.10. The topological polar surface area (TPSA) is 46.9 Å². The van der Waals surface area contributed by atoms with Crippen molar-refractivity contribution in [3.63, 3.8) is 0 Å². The van der Waals surface area contributed by atoms with E-state index >= 15 is 0 Å². The van der Waals surface area contributed by atoms with Crippen LogP contribution in [0, 0.1) is 3.57 Å². The van der Waals surface area contributed by atoms with E-state index < -0.39 is 0 Å². The second-order valence-corrected chi connectivity index (χ2v) is 6.38. The molecule has 0 atom stereocenters. The van der Waals surface area contributed by atoms with Crippen LogP contribution in [0.25, 0.3) is 5.69 Å². The molecular weight excluding hydrogens is 401 g/mol. The maximum absolute atomic E-state index is 12.1. The first-order valence-electron chi connectivity index (χ1n) is 7.35. The number of benzene rings is 2. The maximum atomic E-state index is 12.1. The summed E-state index contributed by atoms with van der Waals surface area (Å²) < 4.78 is 2.88. The Kier molecular flexibility index (Phi) is 5.07. The van der Waals surface area contributed by atoms with Crippen molar-refractivity contribution in [2.24, 2.45) is 0 Å². The van der Waals surface area contributed by atoms with Crippen LogP contribution in [0.3, 0.4) is 0 Å². The molecule has 0 unspecified atom stereocenters. The van der Waals surface area contributed by atoms with E-state index in [1.165, 1.54) is 5.56 Å². The van der Waals surface area contributed by atoms with Crippen molar-refractivity contribution >= 4 is 28.5 Å². The summed E-state index contributed by atoms with van der Waals surface area (Å²) in [4.78, 5) is 12.1. The molecule has 1 N–H and O–H groups in total. The summed E-state index contributed by atoms with van der Waals surface area (Å²) in [5.74, 6) is -0.0309. The summed E-state index contributed by atoms with van der Waals surface area (Å²) in [6.07, 6.45) is 4.47. The highest BCUT2D eigenvalue weighted by molar-refractivity contribution is 14.1. The largest absolute Gasteiger partial charge is 0.352 e. The number of nitrogens with zero attached hydrogens (tertiary/aromatic N) is 2. The van der Waals surface area contributed by atoms with Crippen LogP contribution in [0.4, 0.5) is 0 Å². The number of halogens is 1. The molecule has 0 saturated heterocycles. The molecule has 3 aromatic rings. The van der Waals surface area contributed by atoms with Gasteiger partial charge >= 0.3 is 0 Å². The lowest BCUT2D eigenvalue weighted by molar-refractivity contribution is 0.0954. The Morgan fingerprint density at radius 2 is 1.96 bits per heavy atom. The third-order valence-electron chi connectivity index (χ3n) is 3.49. The number of hydrogen-bond donors (Lipinski definition) is 1. The van der Waals surface area contributed by atoms with Crippen LogP contribution in [-0.2, 0) is 6.42 Å². The zero-order chi connectivity index (χ0) is 16.1. The highest BCUT2D eigenvalue weighted by Gasteiger charge is 2.05. The number of hydrogen-bond acceptors (Lipinski definition) is 2. The average molecular weight is 417 g/mol. The Balaban J connectivity index is 1.53. The molecule has 5 heteroatoms. The SMILES string of the molecule is O=C(NCCc1ccc(-n2cccn2)cc1)c1cccc(I)c1. The van der Waals surface area contributed by atoms with Crippen molar-refractivity contribution in [1.82, 2.24) is 15.1 Å². The van der Waals surface area contributed by atoms with Gasteiger partial charge in [-0.2, -0.15) is 5.10 Å². The van der Waals surface area contributed by atoms with Crippen molar-refractivity contribution < 1.29 is 4.79 Å². The molecule has 23 heavy (non-hydrogen) atoms. The summed E-state index contributed by atoms with van der Waals surface area (Å²) in [5, 5.41) is 7.16. The maximum Gasteiger partial charge on any atom is 0.251 e. The Morgan fingerprint density at radius 1 is 1.13 bits per heavy atom. The fourth-order valence-electron chi connectivity index (χ4n) is 2.29. The second-order valence-electron chi connectivity index (χ2n) is 5.13. The van der Waals surface area contributed by atoms with E-state index in [4.69, 9.17) is 0 Å². The quantitative estimate of drug-likeness (QED) is 0.647. The van der Waals surface area contributed by atoms with E-state index in [2.05, 4.69) is 45.1 Å². The molecule has 0 aliphatic heterocycles. The predicted molar refractivity (Wildman–Crippen MR) is 98.8 cm³/mol. The van der Waals surface area contributed by atoms with Gasteiger partial charge in [0.25, 0.3) is 5.91 Å². The standard InChI is InChI=1S/C18H16IN3O/c19-16-4-1-3-15(13-16)18(23)20-11-9-14-5-7-17(8-6-14)22-12-2-10-21-22/h1-8,10,12-13H,9,11H2,(H,20,23). The molecule has 0 fully saturated rings. The molecule has 0 bridgehead atoms. The molecule has 0 radical (unpaired) electrons. The zero-order valence-corrected chi connectivity index (χ0v) is 14.6. The molecule has 0 aliphatic rings. The van der Waals surface area contributed by atoms with Crippen LogP contribution in [0.5, 0.6) is 0 Å². The third-order valence-corrected chi connectivity index (χ3v) is 4.16. The second kappa shape index (κ2) is 7.41. The molecular formula is C18H16IN3O. The van der Waals surface area contributed by atoms with Gasteiger partial charge in [-0.25, -0.2) is 4.68 Å². The lowest BCUT2D eigenvalue weighted by Gasteiger charge is -2.07. The van der Waals surface area contributed by atoms with Gasteiger partial charge in [-0.3, -0.25) is 4.79 Å². The van der Waals surface area contributed by atoms with Crippen LogP contribution >= 0.6 is 22.6 Å². The minimum absolute atomic E-state index is 0.0309. The van der Waals surface area contributed by atoms with Crippen LogP contribution in [0.2, 0.25) is 0 Å². The molecule has 0 saturated carbocycles. The van der Waals surface area contributed by atoms with Crippen LogP contribution in [0.1, 0.15) is 15.9 Å². The average Bonchev–Trinajstić information content (AvgIpc) is 3.10. The van der Waals surface area contributed by atoms with E-state index in [0.29, 0.717) is 12.1 Å². The molecule has 1 aromatic heterocycles. The van der Waals surface area contributed by atoms with E-state index in [1.807, 2.05) is 53.3 Å². The monoisotopic (exact) mass is 417 g/mol. The summed E-state index contributed by atoms with van der Waals surface area (Å²) in [5.41, 5.74) is 2.91. The minimum Gasteiger partial charge on any atom is -0.352 e. The number of aromatic nitrogens is 2. The van der Waals surface area contributed by atoms with Crippen LogP contribution in [0.15, 0.2) is 67.0 Å². The predicted octanol–water partition coefficient (Wildman–Crippen LogP) is 3.45. The van der Waals surface area contributed by atoms with E-state index in [-0.39, 0.29) is 5.91 Å². The van der Waals surface area contributed by atoms with E-state index in [1.54, 1.807) is 6.20 Å². The molecule has 1 amide bonds. The molecule has 2 aromatic carbocycles. The number of carbonyl (C=O) groups is 1. The van der Waals surface area contributed by atoms with Crippen molar-refractivity contribution in [3.05, 3.63) is 81.7 Å². The lowest BCUT2D eigenvalue weighted by atomic mass is 10.1. The highest BCUT2D eigenvalue weighted by atomic mass is 127. The van der Waals surface area contributed by atoms with Crippen molar-refractivity contribution in [2.75, 3.05) is 6.54 Å². The van der Waals surface area contributed by atoms with Gasteiger partial charge in [-0.1, -0.05) is 18.2 Å². The van der Waals surface area contributed by atoms with Gasteiger partial charge in [-0.15, -0.1) is 0 Å². The fraction of sp³-hybridized carbons (Fsp3) is 0.111. The first-order chi connectivity index (χ1) is 11.2. The molecule has 4 nitrogen and oxygen atoms in total. The first kappa shape index (κ1) is 15.7. The zero-order valence-electron chi connectivity index (χ0n) is 12.4. The molecule has 0 aliphatic carbocycles. The molecule has 0 spiro atoms. The lowest BCUT2D eigenvalue weighted by Crippen LogP contribution is -2.25. The normalized spacial score (nSPS) is 10.5. The Labute approximate surface area is 148 Å². The molecule has 1 heterocycles. The fourth-order valence-corrected chi connectivity index (χ4v) is 2.83. The van der Waals surface area contributed by atoms with Gasteiger partial charge in [0.15, 0.2) is 0 Å². The summed E-state index contributed by atoms with van der Waals surface area (Å²) in [6, 6.07) is 17.7.